The molecule has 23 heavy (non-hydrogen) atoms. The smallest absolute Gasteiger partial charge is 0.174 e. The van der Waals surface area contributed by atoms with Gasteiger partial charge in [-0.1, -0.05) is 0 Å². The molecule has 1 N–H and O–H groups in total. The average Bonchev–Trinajstić information content (AvgIpc) is 2.59. The number of rotatable bonds is 5. The van der Waals surface area contributed by atoms with Crippen molar-refractivity contribution in [2.45, 2.75) is 6.54 Å². The van der Waals surface area contributed by atoms with E-state index in [4.69, 9.17) is 18.9 Å². The van der Waals surface area contributed by atoms with Crippen LogP contribution in [-0.2, 0) is 6.54 Å². The van der Waals surface area contributed by atoms with Gasteiger partial charge in [-0.25, -0.2) is 0 Å². The molecular formula is C17H18BrNO4. The molecule has 5 nitrogen and oxygen atoms in total. The molecule has 2 aromatic carbocycles. The van der Waals surface area contributed by atoms with Gasteiger partial charge in [-0.15, -0.1) is 0 Å². The van der Waals surface area contributed by atoms with Gasteiger partial charge in [0.25, 0.3) is 0 Å². The van der Waals surface area contributed by atoms with Crippen LogP contribution in [0.25, 0.3) is 0 Å². The third-order valence-electron chi connectivity index (χ3n) is 3.53. The quantitative estimate of drug-likeness (QED) is 0.854. The van der Waals surface area contributed by atoms with Crippen molar-refractivity contribution in [2.24, 2.45) is 0 Å². The Kier molecular flexibility index (Phi) is 4.81. The zero-order valence-corrected chi connectivity index (χ0v) is 14.6. The molecule has 6 heteroatoms. The van der Waals surface area contributed by atoms with Crippen LogP contribution in [0.4, 0.5) is 5.69 Å². The van der Waals surface area contributed by atoms with Crippen LogP contribution < -0.4 is 24.3 Å². The molecular weight excluding hydrogens is 362 g/mol. The van der Waals surface area contributed by atoms with E-state index in [1.54, 1.807) is 14.2 Å². The lowest BCUT2D eigenvalue weighted by Gasteiger charge is -2.19. The second kappa shape index (κ2) is 7.00. The highest BCUT2D eigenvalue weighted by atomic mass is 79.9. The third-order valence-corrected chi connectivity index (χ3v) is 4.12. The Morgan fingerprint density at radius 3 is 2.57 bits per heavy atom. The lowest BCUT2D eigenvalue weighted by molar-refractivity contribution is 0.171. The summed E-state index contributed by atoms with van der Waals surface area (Å²) in [6.45, 7) is 1.83. The molecule has 0 atom stereocenters. The topological polar surface area (TPSA) is 49.0 Å². The van der Waals surface area contributed by atoms with Gasteiger partial charge in [-0.3, -0.25) is 0 Å². The van der Waals surface area contributed by atoms with Crippen LogP contribution >= 0.6 is 15.9 Å². The summed E-state index contributed by atoms with van der Waals surface area (Å²) in [4.78, 5) is 0. The summed E-state index contributed by atoms with van der Waals surface area (Å²) in [6.07, 6.45) is 0. The largest absolute Gasteiger partial charge is 0.493 e. The maximum atomic E-state index is 5.59. The van der Waals surface area contributed by atoms with Gasteiger partial charge in [0, 0.05) is 18.3 Å². The lowest BCUT2D eigenvalue weighted by Crippen LogP contribution is -2.15. The average molecular weight is 380 g/mol. The summed E-state index contributed by atoms with van der Waals surface area (Å²) in [5.74, 6) is 2.95. The van der Waals surface area contributed by atoms with E-state index in [9.17, 15) is 0 Å². The van der Waals surface area contributed by atoms with Gasteiger partial charge >= 0.3 is 0 Å². The highest BCUT2D eigenvalue weighted by Crippen LogP contribution is 2.37. The van der Waals surface area contributed by atoms with Gasteiger partial charge < -0.3 is 24.3 Å². The first-order chi connectivity index (χ1) is 11.2. The molecule has 2 aromatic rings. The molecule has 0 saturated carbocycles. The van der Waals surface area contributed by atoms with Crippen LogP contribution in [0.15, 0.2) is 34.8 Å². The minimum Gasteiger partial charge on any atom is -0.493 e. The fourth-order valence-electron chi connectivity index (χ4n) is 2.43. The number of methoxy groups -OCH3 is 2. The van der Waals surface area contributed by atoms with E-state index in [-0.39, 0.29) is 0 Å². The number of hydrogen-bond donors (Lipinski definition) is 1. The molecule has 1 aliphatic rings. The maximum Gasteiger partial charge on any atom is 0.174 e. The molecule has 0 amide bonds. The summed E-state index contributed by atoms with van der Waals surface area (Å²) in [5.41, 5.74) is 2.05. The Hall–Kier alpha value is -2.08. The highest BCUT2D eigenvalue weighted by molar-refractivity contribution is 9.10. The molecule has 3 rings (SSSR count). The van der Waals surface area contributed by atoms with Crippen LogP contribution in [-0.4, -0.2) is 27.4 Å². The maximum absolute atomic E-state index is 5.59. The first kappa shape index (κ1) is 15.8. The van der Waals surface area contributed by atoms with Gasteiger partial charge in [0.15, 0.2) is 23.0 Å². The third kappa shape index (κ3) is 3.47. The summed E-state index contributed by atoms with van der Waals surface area (Å²) < 4.78 is 22.7. The zero-order chi connectivity index (χ0) is 16.2. The predicted molar refractivity (Wildman–Crippen MR) is 92.0 cm³/mol. The molecule has 0 saturated heterocycles. The summed E-state index contributed by atoms with van der Waals surface area (Å²) in [5, 5.41) is 3.37. The Bertz CT molecular complexity index is 705. The van der Waals surface area contributed by atoms with Gasteiger partial charge in [0.05, 0.1) is 18.7 Å². The van der Waals surface area contributed by atoms with E-state index in [1.807, 2.05) is 30.3 Å². The van der Waals surface area contributed by atoms with Crippen molar-refractivity contribution >= 4 is 21.6 Å². The summed E-state index contributed by atoms with van der Waals surface area (Å²) in [6, 6.07) is 9.80. The van der Waals surface area contributed by atoms with Gasteiger partial charge in [-0.05, 0) is 45.8 Å². The molecule has 0 fully saturated rings. The van der Waals surface area contributed by atoms with Crippen molar-refractivity contribution in [1.29, 1.82) is 0 Å². The van der Waals surface area contributed by atoms with Crippen molar-refractivity contribution in [1.82, 2.24) is 0 Å². The van der Waals surface area contributed by atoms with Crippen molar-refractivity contribution in [3.05, 3.63) is 40.4 Å². The van der Waals surface area contributed by atoms with Crippen LogP contribution in [0, 0.1) is 0 Å². The molecule has 122 valence electrons. The minimum absolute atomic E-state index is 0.582. The molecule has 1 aliphatic heterocycles. The molecule has 1 heterocycles. The molecule has 0 bridgehead atoms. The van der Waals surface area contributed by atoms with Crippen LogP contribution in [0.1, 0.15) is 5.56 Å². The molecule has 0 aromatic heterocycles. The monoisotopic (exact) mass is 379 g/mol. The number of fused-ring (bicyclic) bond motifs is 1. The van der Waals surface area contributed by atoms with Crippen LogP contribution in [0.5, 0.6) is 23.0 Å². The fraction of sp³-hybridized carbons (Fsp3) is 0.294. The van der Waals surface area contributed by atoms with Crippen LogP contribution in [0.2, 0.25) is 0 Å². The Morgan fingerprint density at radius 1 is 1.04 bits per heavy atom. The predicted octanol–water partition coefficient (Wildman–Crippen LogP) is 3.85. The Balaban J connectivity index is 1.74. The number of benzene rings is 2. The Labute approximate surface area is 143 Å². The van der Waals surface area contributed by atoms with Gasteiger partial charge in [0.1, 0.15) is 13.2 Å². The summed E-state index contributed by atoms with van der Waals surface area (Å²) in [7, 11) is 3.25. The standard InChI is InChI=1S/C17H18BrNO4/c1-20-16-8-11(7-13(18)17(16)21-2)10-19-12-3-4-14-15(9-12)23-6-5-22-14/h3-4,7-9,19H,5-6,10H2,1-2H3. The van der Waals surface area contributed by atoms with Crippen molar-refractivity contribution in [3.8, 4) is 23.0 Å². The van der Waals surface area contributed by atoms with E-state index >= 15 is 0 Å². The van der Waals surface area contributed by atoms with Crippen molar-refractivity contribution < 1.29 is 18.9 Å². The second-order valence-electron chi connectivity index (χ2n) is 5.03. The van der Waals surface area contributed by atoms with Crippen LogP contribution in [0.3, 0.4) is 0 Å². The van der Waals surface area contributed by atoms with Gasteiger partial charge in [0.2, 0.25) is 0 Å². The normalized spacial score (nSPS) is 12.7. The number of nitrogens with one attached hydrogen (secondary N) is 1. The minimum atomic E-state index is 0.582. The van der Waals surface area contributed by atoms with E-state index in [1.165, 1.54) is 0 Å². The number of ether oxygens (including phenoxy) is 4. The zero-order valence-electron chi connectivity index (χ0n) is 13.0. The highest BCUT2D eigenvalue weighted by Gasteiger charge is 2.13. The van der Waals surface area contributed by atoms with Crippen molar-refractivity contribution in [3.63, 3.8) is 0 Å². The Morgan fingerprint density at radius 2 is 1.83 bits per heavy atom. The molecule has 0 spiro atoms. The van der Waals surface area contributed by atoms with Crippen molar-refractivity contribution in [2.75, 3.05) is 32.8 Å². The van der Waals surface area contributed by atoms with E-state index in [0.717, 1.165) is 27.2 Å². The first-order valence-electron chi connectivity index (χ1n) is 7.25. The first-order valence-corrected chi connectivity index (χ1v) is 8.04. The van der Waals surface area contributed by atoms with E-state index in [0.29, 0.717) is 31.3 Å². The number of hydrogen-bond acceptors (Lipinski definition) is 5. The second-order valence-corrected chi connectivity index (χ2v) is 5.88. The van der Waals surface area contributed by atoms with E-state index < -0.39 is 0 Å². The fourth-order valence-corrected chi connectivity index (χ4v) is 3.08. The SMILES string of the molecule is COc1cc(CNc2ccc3c(c2)OCCO3)cc(Br)c1OC. The lowest BCUT2D eigenvalue weighted by atomic mass is 10.2. The molecule has 0 unspecified atom stereocenters. The molecule has 0 aliphatic carbocycles. The number of anilines is 1. The summed E-state index contributed by atoms with van der Waals surface area (Å²) >= 11 is 3.51. The molecule has 0 radical (unpaired) electrons. The van der Waals surface area contributed by atoms with E-state index in [2.05, 4.69) is 21.2 Å². The van der Waals surface area contributed by atoms with Gasteiger partial charge in [-0.2, -0.15) is 0 Å². The number of halogens is 1.